The second-order valence-corrected chi connectivity index (χ2v) is 6.59. The fraction of sp³-hybridized carbons (Fsp3) is 0.318. The predicted molar refractivity (Wildman–Crippen MR) is 108 cm³/mol. The molecule has 1 aromatic heterocycles. The molecule has 0 spiro atoms. The van der Waals surface area contributed by atoms with Gasteiger partial charge in [-0.25, -0.2) is 0 Å². The first-order chi connectivity index (χ1) is 14.1. The van der Waals surface area contributed by atoms with Crippen molar-refractivity contribution in [1.29, 1.82) is 0 Å². The zero-order valence-electron chi connectivity index (χ0n) is 16.9. The van der Waals surface area contributed by atoms with E-state index in [-0.39, 0.29) is 12.5 Å². The Labute approximate surface area is 170 Å². The summed E-state index contributed by atoms with van der Waals surface area (Å²) in [6.07, 6.45) is 0.493. The van der Waals surface area contributed by atoms with Crippen LogP contribution in [0.15, 0.2) is 53.1 Å². The fourth-order valence-electron chi connectivity index (χ4n) is 2.76. The van der Waals surface area contributed by atoms with E-state index < -0.39 is 0 Å². The van der Waals surface area contributed by atoms with E-state index in [1.807, 2.05) is 38.1 Å². The van der Waals surface area contributed by atoms with Crippen molar-refractivity contribution in [2.45, 2.75) is 26.9 Å². The predicted octanol–water partition coefficient (Wildman–Crippen LogP) is 3.67. The highest BCUT2D eigenvalue weighted by Crippen LogP contribution is 2.17. The second-order valence-electron chi connectivity index (χ2n) is 6.59. The average molecular weight is 395 g/mol. The number of hydrogen-bond donors (Lipinski definition) is 0. The number of aromatic nitrogens is 2. The van der Waals surface area contributed by atoms with Gasteiger partial charge >= 0.3 is 0 Å². The summed E-state index contributed by atoms with van der Waals surface area (Å²) in [5.74, 6) is 2.41. The lowest BCUT2D eigenvalue weighted by molar-refractivity contribution is 0.0795. The zero-order valence-corrected chi connectivity index (χ0v) is 16.9. The minimum Gasteiger partial charge on any atom is -0.494 e. The van der Waals surface area contributed by atoms with Crippen LogP contribution in [0.5, 0.6) is 11.5 Å². The van der Waals surface area contributed by atoms with Crippen molar-refractivity contribution < 1.29 is 18.8 Å². The molecule has 7 nitrogen and oxygen atoms in total. The number of para-hydroxylation sites is 1. The van der Waals surface area contributed by atoms with Gasteiger partial charge < -0.3 is 18.9 Å². The molecule has 1 heterocycles. The number of likely N-dealkylation sites (N-methyl/N-ethyl adjacent to an activating group) is 1. The molecule has 0 unspecified atom stereocenters. The number of amides is 1. The summed E-state index contributed by atoms with van der Waals surface area (Å²) in [4.78, 5) is 18.5. The number of hydrogen-bond acceptors (Lipinski definition) is 6. The maximum Gasteiger partial charge on any atom is 0.264 e. The van der Waals surface area contributed by atoms with Gasteiger partial charge in [-0.05, 0) is 49.7 Å². The standard InChI is InChI=1S/C22H25N3O4/c1-4-27-18-11-9-17(10-12-18)22(26)25(3)14-13-20-23-21(29-24-20)15-28-19-8-6-5-7-16(19)2/h5-12H,4,13-15H2,1-3H3. The van der Waals surface area contributed by atoms with Crippen LogP contribution < -0.4 is 9.47 Å². The van der Waals surface area contributed by atoms with Crippen LogP contribution in [0.25, 0.3) is 0 Å². The number of aryl methyl sites for hydroxylation is 1. The van der Waals surface area contributed by atoms with E-state index in [0.29, 0.717) is 36.9 Å². The fourth-order valence-corrected chi connectivity index (χ4v) is 2.76. The van der Waals surface area contributed by atoms with Crippen LogP contribution in [0, 0.1) is 6.92 Å². The Kier molecular flexibility index (Phi) is 6.84. The van der Waals surface area contributed by atoms with E-state index in [9.17, 15) is 4.79 Å². The van der Waals surface area contributed by atoms with Crippen molar-refractivity contribution >= 4 is 5.91 Å². The van der Waals surface area contributed by atoms with Crippen LogP contribution in [-0.2, 0) is 13.0 Å². The Morgan fingerprint density at radius 2 is 1.86 bits per heavy atom. The smallest absolute Gasteiger partial charge is 0.264 e. The van der Waals surface area contributed by atoms with Crippen LogP contribution in [0.2, 0.25) is 0 Å². The monoisotopic (exact) mass is 395 g/mol. The summed E-state index contributed by atoms with van der Waals surface area (Å²) >= 11 is 0. The van der Waals surface area contributed by atoms with Gasteiger partial charge in [0.1, 0.15) is 11.5 Å². The SMILES string of the molecule is CCOc1ccc(C(=O)N(C)CCc2noc(COc3ccccc3C)n2)cc1. The van der Waals surface area contributed by atoms with Gasteiger partial charge in [-0.3, -0.25) is 4.79 Å². The van der Waals surface area contributed by atoms with Gasteiger partial charge in [0.15, 0.2) is 12.4 Å². The van der Waals surface area contributed by atoms with Crippen molar-refractivity contribution in [1.82, 2.24) is 15.0 Å². The van der Waals surface area contributed by atoms with Gasteiger partial charge in [0.2, 0.25) is 0 Å². The summed E-state index contributed by atoms with van der Waals surface area (Å²) in [6.45, 7) is 5.18. The molecule has 0 bridgehead atoms. The largest absolute Gasteiger partial charge is 0.494 e. The van der Waals surface area contributed by atoms with E-state index >= 15 is 0 Å². The number of benzene rings is 2. The van der Waals surface area contributed by atoms with Crippen molar-refractivity contribution in [2.75, 3.05) is 20.2 Å². The molecule has 0 atom stereocenters. The van der Waals surface area contributed by atoms with Gasteiger partial charge in [-0.2, -0.15) is 4.98 Å². The van der Waals surface area contributed by atoms with E-state index in [1.165, 1.54) is 0 Å². The number of carbonyl (C=O) groups excluding carboxylic acids is 1. The third kappa shape index (κ3) is 5.57. The maximum atomic E-state index is 12.5. The molecule has 3 rings (SSSR count). The summed E-state index contributed by atoms with van der Waals surface area (Å²) in [5.41, 5.74) is 1.65. The van der Waals surface area contributed by atoms with E-state index in [1.54, 1.807) is 36.2 Å². The Morgan fingerprint density at radius 3 is 2.59 bits per heavy atom. The van der Waals surface area contributed by atoms with Crippen LogP contribution in [0.3, 0.4) is 0 Å². The van der Waals surface area contributed by atoms with Crippen LogP contribution in [-0.4, -0.2) is 41.1 Å². The van der Waals surface area contributed by atoms with Gasteiger partial charge in [0.25, 0.3) is 11.8 Å². The normalized spacial score (nSPS) is 10.6. The van der Waals surface area contributed by atoms with Gasteiger partial charge in [-0.1, -0.05) is 23.4 Å². The summed E-state index contributed by atoms with van der Waals surface area (Å²) < 4.78 is 16.4. The molecular weight excluding hydrogens is 370 g/mol. The molecule has 2 aromatic carbocycles. The molecular formula is C22H25N3O4. The molecule has 0 fully saturated rings. The van der Waals surface area contributed by atoms with Gasteiger partial charge in [0, 0.05) is 25.6 Å². The molecule has 1 amide bonds. The molecule has 7 heteroatoms. The van der Waals surface area contributed by atoms with Crippen molar-refractivity contribution in [3.8, 4) is 11.5 Å². The summed E-state index contributed by atoms with van der Waals surface area (Å²) in [6, 6.07) is 14.9. The minimum atomic E-state index is -0.0698. The topological polar surface area (TPSA) is 77.7 Å². The van der Waals surface area contributed by atoms with Crippen LogP contribution >= 0.6 is 0 Å². The van der Waals surface area contributed by atoms with E-state index in [4.69, 9.17) is 14.0 Å². The Hall–Kier alpha value is -3.35. The first-order valence-corrected chi connectivity index (χ1v) is 9.55. The maximum absolute atomic E-state index is 12.5. The molecule has 0 saturated heterocycles. The number of carbonyl (C=O) groups is 1. The van der Waals surface area contributed by atoms with Crippen LogP contribution in [0.4, 0.5) is 0 Å². The lowest BCUT2D eigenvalue weighted by Crippen LogP contribution is -2.29. The number of rotatable bonds is 9. The first-order valence-electron chi connectivity index (χ1n) is 9.55. The minimum absolute atomic E-state index is 0.0698. The van der Waals surface area contributed by atoms with Gasteiger partial charge in [0.05, 0.1) is 6.61 Å². The first kappa shape index (κ1) is 20.4. The molecule has 0 aliphatic carbocycles. The molecule has 29 heavy (non-hydrogen) atoms. The molecule has 0 aliphatic heterocycles. The highest BCUT2D eigenvalue weighted by Gasteiger charge is 2.14. The van der Waals surface area contributed by atoms with Crippen LogP contribution in [0.1, 0.15) is 34.6 Å². The van der Waals surface area contributed by atoms with Crippen molar-refractivity contribution in [2.24, 2.45) is 0 Å². The van der Waals surface area contributed by atoms with E-state index in [0.717, 1.165) is 17.1 Å². The summed E-state index contributed by atoms with van der Waals surface area (Å²) in [5, 5.41) is 3.97. The third-order valence-electron chi connectivity index (χ3n) is 4.38. The number of ether oxygens (including phenoxy) is 2. The molecule has 0 saturated carbocycles. The van der Waals surface area contributed by atoms with E-state index in [2.05, 4.69) is 10.1 Å². The third-order valence-corrected chi connectivity index (χ3v) is 4.38. The number of nitrogens with zero attached hydrogens (tertiary/aromatic N) is 3. The molecule has 0 N–H and O–H groups in total. The highest BCUT2D eigenvalue weighted by molar-refractivity contribution is 5.94. The molecule has 0 radical (unpaired) electrons. The molecule has 152 valence electrons. The highest BCUT2D eigenvalue weighted by atomic mass is 16.5. The molecule has 3 aromatic rings. The van der Waals surface area contributed by atoms with Gasteiger partial charge in [-0.15, -0.1) is 0 Å². The quantitative estimate of drug-likeness (QED) is 0.550. The van der Waals surface area contributed by atoms with Crippen molar-refractivity contribution in [3.05, 3.63) is 71.4 Å². The Balaban J connectivity index is 1.49. The molecule has 0 aliphatic rings. The Morgan fingerprint density at radius 1 is 1.10 bits per heavy atom. The Bertz CT molecular complexity index is 937. The van der Waals surface area contributed by atoms with Crippen molar-refractivity contribution in [3.63, 3.8) is 0 Å². The zero-order chi connectivity index (χ0) is 20.6. The average Bonchev–Trinajstić information content (AvgIpc) is 3.19. The lowest BCUT2D eigenvalue weighted by atomic mass is 10.2. The second kappa shape index (κ2) is 9.73. The summed E-state index contributed by atoms with van der Waals surface area (Å²) in [7, 11) is 1.75. The lowest BCUT2D eigenvalue weighted by Gasteiger charge is -2.16.